The number of amides is 2. The molecule has 2 amide bonds. The van der Waals surface area contributed by atoms with Crippen LogP contribution < -0.4 is 20.3 Å². The molecule has 11 nitrogen and oxygen atoms in total. The van der Waals surface area contributed by atoms with Gasteiger partial charge in [0, 0.05) is 56.2 Å². The summed E-state index contributed by atoms with van der Waals surface area (Å²) in [6.07, 6.45) is 0.341. The van der Waals surface area contributed by atoms with Gasteiger partial charge in [-0.3, -0.25) is 4.79 Å². The minimum atomic E-state index is -2.12. The Morgan fingerprint density at radius 3 is 2.35 bits per heavy atom. The average Bonchev–Trinajstić information content (AvgIpc) is 3.36. The maximum Gasteiger partial charge on any atom is 0.410 e. The highest BCUT2D eigenvalue weighted by Crippen LogP contribution is 2.36. The van der Waals surface area contributed by atoms with E-state index in [1.54, 1.807) is 34.7 Å². The van der Waals surface area contributed by atoms with Crippen molar-refractivity contribution < 1.29 is 36.6 Å². The van der Waals surface area contributed by atoms with Crippen LogP contribution in [0.15, 0.2) is 36.4 Å². The van der Waals surface area contributed by atoms with Crippen molar-refractivity contribution in [2.45, 2.75) is 52.8 Å². The Morgan fingerprint density at radius 1 is 0.981 bits per heavy atom. The molecular formula is C37H37F4N7O4. The summed E-state index contributed by atoms with van der Waals surface area (Å²) in [5.41, 5.74) is 4.04. The number of fused-ring (bicyclic) bond motifs is 2. The number of carbonyl (C=O) groups excluding carboxylic acids is 2. The lowest BCUT2D eigenvalue weighted by Gasteiger charge is -2.37. The Balaban J connectivity index is 1.15. The number of aryl methyl sites for hydroxylation is 3. The number of anilines is 3. The number of hydrogen-bond donors (Lipinski definition) is 2. The van der Waals surface area contributed by atoms with Gasteiger partial charge in [-0.25, -0.2) is 22.6 Å². The van der Waals surface area contributed by atoms with E-state index in [0.717, 1.165) is 24.0 Å². The SMILES string of the molecule is COc1c(F)c(F)c(F)c(F)c1C(=O)NCc1ccc(-c2nn3c(c2C#N)Nc2ccc(N4CCN(C(=O)OC(C)(C)C)CC4)cc2CC3)cc1C. The summed E-state index contributed by atoms with van der Waals surface area (Å²) in [6.45, 7) is 10.1. The molecule has 0 unspecified atom stereocenters. The summed E-state index contributed by atoms with van der Waals surface area (Å²) in [5.74, 6) is -9.56. The zero-order chi connectivity index (χ0) is 37.5. The number of methoxy groups -OCH3 is 1. The fourth-order valence-electron chi connectivity index (χ4n) is 6.30. The number of carbonyl (C=O) groups is 2. The van der Waals surface area contributed by atoms with Crippen LogP contribution in [0.1, 0.15) is 53.4 Å². The second-order valence-electron chi connectivity index (χ2n) is 13.6. The molecule has 4 aromatic rings. The van der Waals surface area contributed by atoms with Gasteiger partial charge in [0.15, 0.2) is 17.4 Å². The zero-order valence-electron chi connectivity index (χ0n) is 29.3. The van der Waals surface area contributed by atoms with E-state index in [0.29, 0.717) is 72.9 Å². The number of rotatable bonds is 6. The van der Waals surface area contributed by atoms with E-state index in [1.165, 1.54) is 0 Å². The maximum atomic E-state index is 14.5. The summed E-state index contributed by atoms with van der Waals surface area (Å²) < 4.78 is 68.1. The van der Waals surface area contributed by atoms with Gasteiger partial charge in [-0.2, -0.15) is 14.8 Å². The van der Waals surface area contributed by atoms with Crippen LogP contribution in [0.5, 0.6) is 5.75 Å². The molecule has 52 heavy (non-hydrogen) atoms. The van der Waals surface area contributed by atoms with E-state index in [1.807, 2.05) is 32.9 Å². The van der Waals surface area contributed by atoms with Crippen LogP contribution in [0.3, 0.4) is 0 Å². The summed E-state index contributed by atoms with van der Waals surface area (Å²) in [5, 5.41) is 20.8. The number of nitrogens with one attached hydrogen (secondary N) is 2. The van der Waals surface area contributed by atoms with Crippen LogP contribution in [0.4, 0.5) is 39.5 Å². The lowest BCUT2D eigenvalue weighted by molar-refractivity contribution is 0.0240. The molecule has 0 radical (unpaired) electrons. The van der Waals surface area contributed by atoms with Gasteiger partial charge in [0.1, 0.15) is 34.3 Å². The van der Waals surface area contributed by atoms with Crippen molar-refractivity contribution in [3.63, 3.8) is 0 Å². The molecule has 15 heteroatoms. The Hall–Kier alpha value is -5.78. The van der Waals surface area contributed by atoms with Gasteiger partial charge >= 0.3 is 6.09 Å². The molecule has 2 N–H and O–H groups in total. The topological polar surface area (TPSA) is 125 Å². The average molecular weight is 720 g/mol. The smallest absolute Gasteiger partial charge is 0.410 e. The first-order valence-corrected chi connectivity index (χ1v) is 16.6. The van der Waals surface area contributed by atoms with Crippen molar-refractivity contribution in [1.29, 1.82) is 5.26 Å². The molecule has 3 aromatic carbocycles. The highest BCUT2D eigenvalue weighted by molar-refractivity contribution is 5.97. The van der Waals surface area contributed by atoms with E-state index in [-0.39, 0.29) is 12.6 Å². The number of benzene rings is 3. The van der Waals surface area contributed by atoms with Crippen molar-refractivity contribution in [3.8, 4) is 23.1 Å². The van der Waals surface area contributed by atoms with Crippen molar-refractivity contribution >= 4 is 29.2 Å². The molecule has 6 rings (SSSR count). The number of piperazine rings is 1. The number of aromatic nitrogens is 2. The quantitative estimate of drug-likeness (QED) is 0.130. The van der Waals surface area contributed by atoms with Crippen LogP contribution in [0, 0.1) is 41.5 Å². The van der Waals surface area contributed by atoms with Crippen LogP contribution in [-0.2, 0) is 24.2 Å². The van der Waals surface area contributed by atoms with Crippen LogP contribution in [-0.4, -0.2) is 65.6 Å². The Labute approximate surface area is 297 Å². The normalized spacial score (nSPS) is 14.1. The van der Waals surface area contributed by atoms with Gasteiger partial charge in [0.2, 0.25) is 11.6 Å². The molecule has 0 bridgehead atoms. The minimum Gasteiger partial charge on any atom is -0.493 e. The summed E-state index contributed by atoms with van der Waals surface area (Å²) in [6, 6.07) is 13.6. The zero-order valence-corrected chi connectivity index (χ0v) is 29.3. The van der Waals surface area contributed by atoms with Gasteiger partial charge < -0.3 is 29.9 Å². The Kier molecular flexibility index (Phi) is 9.76. The van der Waals surface area contributed by atoms with E-state index in [9.17, 15) is 32.4 Å². The fraction of sp³-hybridized carbons (Fsp3) is 0.351. The van der Waals surface area contributed by atoms with Gasteiger partial charge in [-0.05, 0) is 75.1 Å². The first-order valence-electron chi connectivity index (χ1n) is 16.6. The van der Waals surface area contributed by atoms with Crippen LogP contribution in [0.25, 0.3) is 11.3 Å². The van der Waals surface area contributed by atoms with Crippen molar-refractivity contribution in [2.75, 3.05) is 43.5 Å². The van der Waals surface area contributed by atoms with Crippen LogP contribution in [0.2, 0.25) is 0 Å². The third-order valence-corrected chi connectivity index (χ3v) is 9.01. The minimum absolute atomic E-state index is 0.154. The molecule has 1 saturated heterocycles. The molecule has 2 aliphatic heterocycles. The molecule has 0 saturated carbocycles. The molecular weight excluding hydrogens is 682 g/mol. The van der Waals surface area contributed by atoms with E-state index in [4.69, 9.17) is 9.84 Å². The second-order valence-corrected chi connectivity index (χ2v) is 13.6. The monoisotopic (exact) mass is 719 g/mol. The Bertz CT molecular complexity index is 2110. The number of halogens is 4. The van der Waals surface area contributed by atoms with E-state index in [2.05, 4.69) is 32.4 Å². The molecule has 0 atom stereocenters. The largest absolute Gasteiger partial charge is 0.493 e. The number of nitriles is 1. The predicted octanol–water partition coefficient (Wildman–Crippen LogP) is 6.58. The van der Waals surface area contributed by atoms with Gasteiger partial charge in [0.25, 0.3) is 5.91 Å². The molecule has 2 aliphatic rings. The molecule has 1 fully saturated rings. The van der Waals surface area contributed by atoms with Crippen molar-refractivity contribution in [3.05, 3.63) is 87.5 Å². The van der Waals surface area contributed by atoms with Gasteiger partial charge in [0.05, 0.1) is 7.11 Å². The van der Waals surface area contributed by atoms with Crippen LogP contribution >= 0.6 is 0 Å². The number of nitrogens with zero attached hydrogens (tertiary/aromatic N) is 5. The number of hydrogen-bond acceptors (Lipinski definition) is 8. The Morgan fingerprint density at radius 2 is 1.69 bits per heavy atom. The predicted molar refractivity (Wildman–Crippen MR) is 185 cm³/mol. The summed E-state index contributed by atoms with van der Waals surface area (Å²) in [4.78, 5) is 29.2. The standard InChI is InChI=1S/C37H37F4N7O4/c1-20-16-22(6-7-23(20)19-43-35(49)27-28(38)29(39)30(40)31(41)33(27)51-5)32-25(18-42)34-44-26-9-8-24(17-21(26)10-11-48(34)45-32)46-12-14-47(15-13-46)36(50)52-37(2,3)4/h6-9,16-17,44H,10-15,19H2,1-5H3,(H,43,49). The second kappa shape index (κ2) is 14.1. The van der Waals surface area contributed by atoms with E-state index < -0.39 is 46.1 Å². The third-order valence-electron chi connectivity index (χ3n) is 9.01. The maximum absolute atomic E-state index is 14.5. The van der Waals surface area contributed by atoms with Gasteiger partial charge in [-0.1, -0.05) is 12.1 Å². The molecule has 3 heterocycles. The third kappa shape index (κ3) is 6.92. The molecule has 0 aliphatic carbocycles. The lowest BCUT2D eigenvalue weighted by atomic mass is 10.0. The molecule has 1 aromatic heterocycles. The molecule has 272 valence electrons. The first kappa shape index (κ1) is 36.0. The van der Waals surface area contributed by atoms with Gasteiger partial charge in [-0.15, -0.1) is 0 Å². The number of ether oxygens (including phenoxy) is 2. The summed E-state index contributed by atoms with van der Waals surface area (Å²) >= 11 is 0. The van der Waals surface area contributed by atoms with Crippen molar-refractivity contribution in [1.82, 2.24) is 20.0 Å². The first-order chi connectivity index (χ1) is 24.7. The van der Waals surface area contributed by atoms with E-state index >= 15 is 0 Å². The van der Waals surface area contributed by atoms with Crippen molar-refractivity contribution in [2.24, 2.45) is 0 Å². The lowest BCUT2D eigenvalue weighted by Crippen LogP contribution is -2.50. The highest BCUT2D eigenvalue weighted by Gasteiger charge is 2.31. The summed E-state index contributed by atoms with van der Waals surface area (Å²) in [7, 11) is 0.907. The fourth-order valence-corrected chi connectivity index (χ4v) is 6.30. The molecule has 0 spiro atoms. The highest BCUT2D eigenvalue weighted by atomic mass is 19.2.